The molecule has 4 rings (SSSR count). The van der Waals surface area contributed by atoms with Gasteiger partial charge in [-0.1, -0.05) is 0 Å². The van der Waals surface area contributed by atoms with Crippen molar-refractivity contribution >= 4 is 28.3 Å². The molecule has 3 aromatic rings. The zero-order chi connectivity index (χ0) is 16.8. The third-order valence-electron chi connectivity index (χ3n) is 4.20. The Morgan fingerprint density at radius 1 is 1.38 bits per heavy atom. The highest BCUT2D eigenvalue weighted by molar-refractivity contribution is 7.09. The molecule has 0 radical (unpaired) electrons. The molecule has 0 amide bonds. The summed E-state index contributed by atoms with van der Waals surface area (Å²) in [5, 5.41) is 7.94. The van der Waals surface area contributed by atoms with Crippen LogP contribution in [0.4, 0.5) is 0 Å². The number of thiazole rings is 1. The van der Waals surface area contributed by atoms with Crippen molar-refractivity contribution in [1.82, 2.24) is 19.7 Å². The molecule has 1 saturated carbocycles. The SMILES string of the molecule is Cc1csc(COC(=O)c2cc(C3CC3)nc3c2c(C)nn3C)n1. The van der Waals surface area contributed by atoms with E-state index < -0.39 is 0 Å². The number of carbonyl (C=O) groups excluding carboxylic acids is 1. The minimum atomic E-state index is -0.340. The van der Waals surface area contributed by atoms with E-state index in [1.807, 2.05) is 32.3 Å². The summed E-state index contributed by atoms with van der Waals surface area (Å²) >= 11 is 1.50. The second kappa shape index (κ2) is 5.66. The molecule has 6 nitrogen and oxygen atoms in total. The molecule has 1 aliphatic carbocycles. The predicted molar refractivity (Wildman–Crippen MR) is 91.2 cm³/mol. The first-order valence-corrected chi connectivity index (χ1v) is 8.83. The number of hydrogen-bond donors (Lipinski definition) is 0. The Morgan fingerprint density at radius 2 is 2.17 bits per heavy atom. The highest BCUT2D eigenvalue weighted by atomic mass is 32.1. The number of esters is 1. The van der Waals surface area contributed by atoms with Crippen LogP contribution in [0.2, 0.25) is 0 Å². The van der Waals surface area contributed by atoms with Crippen molar-refractivity contribution in [2.75, 3.05) is 0 Å². The number of nitrogens with zero attached hydrogens (tertiary/aromatic N) is 4. The molecule has 3 heterocycles. The van der Waals surface area contributed by atoms with E-state index in [9.17, 15) is 4.79 Å². The second-order valence-electron chi connectivity index (χ2n) is 6.24. The normalized spacial score (nSPS) is 14.3. The number of fused-ring (bicyclic) bond motifs is 1. The molecule has 124 valence electrons. The third kappa shape index (κ3) is 2.69. The molecular weight excluding hydrogens is 324 g/mol. The summed E-state index contributed by atoms with van der Waals surface area (Å²) in [5.74, 6) is 0.117. The predicted octanol–water partition coefficient (Wildman–Crippen LogP) is 3.28. The standard InChI is InChI=1S/C17H18N4O2S/c1-9-8-24-14(18-9)7-23-17(22)12-6-13(11-4-5-11)19-16-15(12)10(2)20-21(16)3/h6,8,11H,4-5,7H2,1-3H3. The summed E-state index contributed by atoms with van der Waals surface area (Å²) in [4.78, 5) is 21.7. The van der Waals surface area contributed by atoms with Crippen molar-refractivity contribution in [2.45, 2.75) is 39.2 Å². The molecule has 0 unspecified atom stereocenters. The number of ether oxygens (including phenoxy) is 1. The molecule has 0 atom stereocenters. The van der Waals surface area contributed by atoms with Gasteiger partial charge >= 0.3 is 5.97 Å². The van der Waals surface area contributed by atoms with Crippen LogP contribution in [-0.2, 0) is 18.4 Å². The average Bonchev–Trinajstić information content (AvgIpc) is 3.27. The number of rotatable bonds is 4. The number of aromatic nitrogens is 4. The number of carbonyl (C=O) groups is 1. The minimum absolute atomic E-state index is 0.194. The smallest absolute Gasteiger partial charge is 0.339 e. The fraction of sp³-hybridized carbons (Fsp3) is 0.412. The topological polar surface area (TPSA) is 69.9 Å². The minimum Gasteiger partial charge on any atom is -0.455 e. The van der Waals surface area contributed by atoms with Crippen molar-refractivity contribution < 1.29 is 9.53 Å². The molecule has 24 heavy (non-hydrogen) atoms. The maximum Gasteiger partial charge on any atom is 0.339 e. The zero-order valence-corrected chi connectivity index (χ0v) is 14.7. The Labute approximate surface area is 143 Å². The first-order valence-electron chi connectivity index (χ1n) is 7.95. The lowest BCUT2D eigenvalue weighted by Crippen LogP contribution is -2.08. The highest BCUT2D eigenvalue weighted by Crippen LogP contribution is 2.40. The van der Waals surface area contributed by atoms with Crippen molar-refractivity contribution in [3.8, 4) is 0 Å². The van der Waals surface area contributed by atoms with Crippen molar-refractivity contribution in [3.63, 3.8) is 0 Å². The fourth-order valence-corrected chi connectivity index (χ4v) is 3.57. The highest BCUT2D eigenvalue weighted by Gasteiger charge is 2.28. The van der Waals surface area contributed by atoms with E-state index in [4.69, 9.17) is 9.72 Å². The molecule has 1 fully saturated rings. The van der Waals surface area contributed by atoms with E-state index in [1.165, 1.54) is 11.3 Å². The lowest BCUT2D eigenvalue weighted by Gasteiger charge is -2.07. The van der Waals surface area contributed by atoms with Crippen LogP contribution >= 0.6 is 11.3 Å². The Bertz CT molecular complexity index is 940. The summed E-state index contributed by atoms with van der Waals surface area (Å²) in [6, 6.07) is 1.88. The summed E-state index contributed by atoms with van der Waals surface area (Å²) in [7, 11) is 1.85. The molecule has 3 aromatic heterocycles. The van der Waals surface area contributed by atoms with E-state index in [0.29, 0.717) is 11.5 Å². The largest absolute Gasteiger partial charge is 0.455 e. The molecule has 1 aliphatic rings. The Kier molecular flexibility index (Phi) is 3.60. The monoisotopic (exact) mass is 342 g/mol. The number of hydrogen-bond acceptors (Lipinski definition) is 6. The van der Waals surface area contributed by atoms with Crippen LogP contribution in [0.25, 0.3) is 11.0 Å². The molecule has 0 bridgehead atoms. The van der Waals surface area contributed by atoms with Gasteiger partial charge in [-0.15, -0.1) is 11.3 Å². The quantitative estimate of drug-likeness (QED) is 0.681. The first-order chi connectivity index (χ1) is 11.5. The molecule has 0 aromatic carbocycles. The van der Waals surface area contributed by atoms with Crippen LogP contribution in [0.5, 0.6) is 0 Å². The lowest BCUT2D eigenvalue weighted by atomic mass is 10.1. The number of pyridine rings is 1. The fourth-order valence-electron chi connectivity index (χ4n) is 2.89. The maximum absolute atomic E-state index is 12.7. The summed E-state index contributed by atoms with van der Waals surface area (Å²) in [5.41, 5.74) is 3.99. The van der Waals surface area contributed by atoms with Gasteiger partial charge in [0.25, 0.3) is 0 Å². The van der Waals surface area contributed by atoms with Crippen LogP contribution in [-0.4, -0.2) is 25.7 Å². The van der Waals surface area contributed by atoms with Crippen LogP contribution in [0, 0.1) is 13.8 Å². The van der Waals surface area contributed by atoms with Gasteiger partial charge in [0.05, 0.1) is 16.6 Å². The van der Waals surface area contributed by atoms with Crippen LogP contribution in [0.15, 0.2) is 11.4 Å². The number of aryl methyl sites for hydroxylation is 3. The summed E-state index contributed by atoms with van der Waals surface area (Å²) in [6.45, 7) is 4.01. The molecule has 0 aliphatic heterocycles. The first kappa shape index (κ1) is 15.3. The van der Waals surface area contributed by atoms with Gasteiger partial charge in [-0.3, -0.25) is 4.68 Å². The van der Waals surface area contributed by atoms with Crippen molar-refractivity contribution in [3.05, 3.63) is 39.1 Å². The van der Waals surface area contributed by atoms with Gasteiger partial charge in [0.15, 0.2) is 5.65 Å². The van der Waals surface area contributed by atoms with Crippen LogP contribution < -0.4 is 0 Å². The van der Waals surface area contributed by atoms with E-state index in [2.05, 4.69) is 10.1 Å². The maximum atomic E-state index is 12.7. The molecule has 0 spiro atoms. The Hall–Kier alpha value is -2.28. The van der Waals surface area contributed by atoms with Gasteiger partial charge in [-0.25, -0.2) is 14.8 Å². The summed E-state index contributed by atoms with van der Waals surface area (Å²) < 4.78 is 7.23. The Balaban J connectivity index is 1.69. The van der Waals surface area contributed by atoms with Crippen molar-refractivity contribution in [1.29, 1.82) is 0 Å². The van der Waals surface area contributed by atoms with E-state index in [-0.39, 0.29) is 12.6 Å². The molecule has 0 N–H and O–H groups in total. The third-order valence-corrected chi connectivity index (χ3v) is 5.14. The van der Waals surface area contributed by atoms with Gasteiger partial charge in [0.1, 0.15) is 11.6 Å². The average molecular weight is 342 g/mol. The second-order valence-corrected chi connectivity index (χ2v) is 7.18. The Morgan fingerprint density at radius 3 is 2.83 bits per heavy atom. The van der Waals surface area contributed by atoms with E-state index in [1.54, 1.807) is 4.68 Å². The van der Waals surface area contributed by atoms with Gasteiger partial charge in [-0.2, -0.15) is 5.10 Å². The van der Waals surface area contributed by atoms with E-state index in [0.717, 1.165) is 46.0 Å². The van der Waals surface area contributed by atoms with Crippen molar-refractivity contribution in [2.24, 2.45) is 7.05 Å². The zero-order valence-electron chi connectivity index (χ0n) is 13.9. The van der Waals surface area contributed by atoms with E-state index >= 15 is 0 Å². The van der Waals surface area contributed by atoms with Gasteiger partial charge < -0.3 is 4.74 Å². The molecular formula is C17H18N4O2S. The van der Waals surface area contributed by atoms with Crippen LogP contribution in [0.3, 0.4) is 0 Å². The summed E-state index contributed by atoms with van der Waals surface area (Å²) in [6.07, 6.45) is 2.25. The molecule has 7 heteroatoms. The van der Waals surface area contributed by atoms with Crippen LogP contribution in [0.1, 0.15) is 51.2 Å². The van der Waals surface area contributed by atoms with Gasteiger partial charge in [0.2, 0.25) is 0 Å². The molecule has 0 saturated heterocycles. The lowest BCUT2D eigenvalue weighted by molar-refractivity contribution is 0.0474. The van der Waals surface area contributed by atoms with Gasteiger partial charge in [0, 0.05) is 29.7 Å². The van der Waals surface area contributed by atoms with Gasteiger partial charge in [-0.05, 0) is 32.8 Å².